The lowest BCUT2D eigenvalue weighted by molar-refractivity contribution is 0.586. The second-order valence-electron chi connectivity index (χ2n) is 3.06. The first-order valence-electron chi connectivity index (χ1n) is 4.35. The summed E-state index contributed by atoms with van der Waals surface area (Å²) in [6.07, 6.45) is 1.42. The topological polar surface area (TPSA) is 12.9 Å². The number of hydrogen-bond acceptors (Lipinski definition) is 1. The van der Waals surface area contributed by atoms with E-state index in [1.807, 2.05) is 22.6 Å². The molecule has 1 aromatic heterocycles. The van der Waals surface area contributed by atoms with E-state index in [0.29, 0.717) is 21.2 Å². The van der Waals surface area contributed by atoms with E-state index in [1.165, 1.54) is 6.20 Å². The molecule has 0 atom stereocenters. The molecule has 0 unspecified atom stereocenters. The number of nitrogens with zero attached hydrogens (tertiary/aromatic N) is 1. The van der Waals surface area contributed by atoms with Gasteiger partial charge in [-0.1, -0.05) is 35.3 Å². The van der Waals surface area contributed by atoms with Gasteiger partial charge in [0.1, 0.15) is 0 Å². The van der Waals surface area contributed by atoms with Gasteiger partial charge in [-0.25, -0.2) is 4.98 Å². The van der Waals surface area contributed by atoms with Crippen LogP contribution in [0.1, 0.15) is 0 Å². The number of aromatic nitrogens is 1. The average molecular weight is 368 g/mol. The van der Waals surface area contributed by atoms with Gasteiger partial charge < -0.3 is 0 Å². The molecule has 0 saturated heterocycles. The van der Waals surface area contributed by atoms with Crippen molar-refractivity contribution in [1.29, 1.82) is 0 Å². The highest BCUT2D eigenvalue weighted by molar-refractivity contribution is 14.1. The van der Waals surface area contributed by atoms with Crippen LogP contribution in [-0.4, -0.2) is 4.98 Å². The minimum absolute atomic E-state index is 0.342. The molecule has 0 amide bonds. The monoisotopic (exact) mass is 367 g/mol. The molecule has 5 heteroatoms. The second-order valence-corrected chi connectivity index (χ2v) is 5.01. The molecule has 1 aromatic carbocycles. The number of hydrogen-bond donors (Lipinski definition) is 0. The Labute approximate surface area is 116 Å². The van der Waals surface area contributed by atoms with Crippen molar-refractivity contribution in [1.82, 2.24) is 4.98 Å². The van der Waals surface area contributed by atoms with Crippen LogP contribution in [0.4, 0.5) is 4.39 Å². The molecule has 0 bridgehead atoms. The van der Waals surface area contributed by atoms with Crippen LogP contribution < -0.4 is 0 Å². The van der Waals surface area contributed by atoms with Gasteiger partial charge in [-0.15, -0.1) is 0 Å². The van der Waals surface area contributed by atoms with Crippen LogP contribution in [0, 0.1) is 9.52 Å². The highest BCUT2D eigenvalue weighted by atomic mass is 127. The van der Waals surface area contributed by atoms with E-state index in [2.05, 4.69) is 4.98 Å². The predicted octanol–water partition coefficient (Wildman–Crippen LogP) is 4.80. The third-order valence-corrected chi connectivity index (χ3v) is 3.79. The van der Waals surface area contributed by atoms with Crippen LogP contribution in [0.5, 0.6) is 0 Å². The molecular weight excluding hydrogens is 363 g/mol. The zero-order valence-electron chi connectivity index (χ0n) is 7.85. The third-order valence-electron chi connectivity index (χ3n) is 2.07. The van der Waals surface area contributed by atoms with Crippen LogP contribution in [0.15, 0.2) is 30.5 Å². The number of halogens is 4. The molecule has 0 aliphatic rings. The molecule has 1 heterocycles. The van der Waals surface area contributed by atoms with Crippen molar-refractivity contribution in [3.63, 3.8) is 0 Å². The Morgan fingerprint density at radius 3 is 2.62 bits per heavy atom. The fourth-order valence-corrected chi connectivity index (χ4v) is 2.42. The Bertz CT molecular complexity index is 525. The van der Waals surface area contributed by atoms with Gasteiger partial charge in [-0.3, -0.25) is 0 Å². The molecule has 0 fully saturated rings. The van der Waals surface area contributed by atoms with Gasteiger partial charge in [0.25, 0.3) is 0 Å². The number of benzene rings is 1. The van der Waals surface area contributed by atoms with Crippen LogP contribution in [0.2, 0.25) is 10.0 Å². The van der Waals surface area contributed by atoms with Crippen molar-refractivity contribution in [2.75, 3.05) is 0 Å². The lowest BCUT2D eigenvalue weighted by atomic mass is 10.1. The molecule has 1 nitrogen and oxygen atoms in total. The highest BCUT2D eigenvalue weighted by Gasteiger charge is 2.14. The summed E-state index contributed by atoms with van der Waals surface area (Å²) in [6.45, 7) is 0. The fourth-order valence-electron chi connectivity index (χ4n) is 1.35. The summed E-state index contributed by atoms with van der Waals surface area (Å²) in [7, 11) is 0. The van der Waals surface area contributed by atoms with Crippen LogP contribution in [0.25, 0.3) is 11.1 Å². The second kappa shape index (κ2) is 4.85. The van der Waals surface area contributed by atoms with E-state index in [-0.39, 0.29) is 0 Å². The van der Waals surface area contributed by atoms with Crippen molar-refractivity contribution < 1.29 is 4.39 Å². The molecule has 0 spiro atoms. The zero-order valence-corrected chi connectivity index (χ0v) is 11.5. The van der Waals surface area contributed by atoms with Gasteiger partial charge in [-0.05, 0) is 34.7 Å². The molecule has 82 valence electrons. The molecule has 0 saturated carbocycles. The normalized spacial score (nSPS) is 10.5. The minimum atomic E-state index is -0.545. The van der Waals surface area contributed by atoms with Crippen molar-refractivity contribution in [3.8, 4) is 11.1 Å². The fraction of sp³-hybridized carbons (Fsp3) is 0. The largest absolute Gasteiger partial charge is 0.228 e. The maximum Gasteiger partial charge on any atom is 0.221 e. The summed E-state index contributed by atoms with van der Waals surface area (Å²) >= 11 is 14.0. The lowest BCUT2D eigenvalue weighted by Gasteiger charge is -2.08. The Kier molecular flexibility index (Phi) is 3.66. The molecule has 2 aromatic rings. The maximum absolute atomic E-state index is 13.6. The Morgan fingerprint density at radius 2 is 1.94 bits per heavy atom. The maximum atomic E-state index is 13.6. The van der Waals surface area contributed by atoms with Gasteiger partial charge >= 0.3 is 0 Å². The van der Waals surface area contributed by atoms with E-state index in [4.69, 9.17) is 23.2 Å². The summed E-state index contributed by atoms with van der Waals surface area (Å²) in [6, 6.07) is 6.83. The quantitative estimate of drug-likeness (QED) is 0.521. The molecule has 0 radical (unpaired) electrons. The van der Waals surface area contributed by atoms with Crippen molar-refractivity contribution in [2.24, 2.45) is 0 Å². The van der Waals surface area contributed by atoms with Crippen LogP contribution in [-0.2, 0) is 0 Å². The van der Waals surface area contributed by atoms with Crippen LogP contribution >= 0.6 is 45.8 Å². The molecule has 2 rings (SSSR count). The molecule has 0 N–H and O–H groups in total. The van der Waals surface area contributed by atoms with Crippen LogP contribution in [0.3, 0.4) is 0 Å². The smallest absolute Gasteiger partial charge is 0.221 e. The Balaban J connectivity index is 2.73. The summed E-state index contributed by atoms with van der Waals surface area (Å²) < 4.78 is 14.4. The van der Waals surface area contributed by atoms with E-state index in [9.17, 15) is 4.39 Å². The molecule has 16 heavy (non-hydrogen) atoms. The average Bonchev–Trinajstić information content (AvgIpc) is 2.24. The molecule has 0 aliphatic heterocycles. The van der Waals surface area contributed by atoms with Crippen molar-refractivity contribution in [3.05, 3.63) is 50.0 Å². The van der Waals surface area contributed by atoms with Gasteiger partial charge in [-0.2, -0.15) is 4.39 Å². The van der Waals surface area contributed by atoms with E-state index >= 15 is 0 Å². The van der Waals surface area contributed by atoms with E-state index in [1.54, 1.807) is 24.3 Å². The van der Waals surface area contributed by atoms with Gasteiger partial charge in [0.15, 0.2) is 0 Å². The SMILES string of the molecule is Fc1nccc(I)c1-c1cccc(Cl)c1Cl. The standard InChI is InChI=1S/C11H5Cl2FIN/c12-7-3-1-2-6(10(7)13)9-8(15)4-5-16-11(9)14/h1-5H. The Hall–Kier alpha value is -0.390. The van der Waals surface area contributed by atoms with Crippen molar-refractivity contribution in [2.45, 2.75) is 0 Å². The predicted molar refractivity (Wildman–Crippen MR) is 72.4 cm³/mol. The lowest BCUT2D eigenvalue weighted by Crippen LogP contribution is -1.93. The van der Waals surface area contributed by atoms with Crippen molar-refractivity contribution >= 4 is 45.8 Å². The van der Waals surface area contributed by atoms with Gasteiger partial charge in [0.05, 0.1) is 15.6 Å². The summed E-state index contributed by atoms with van der Waals surface area (Å²) in [5.41, 5.74) is 0.944. The molecular formula is C11H5Cl2FIN. The first kappa shape index (κ1) is 12.1. The van der Waals surface area contributed by atoms with E-state index < -0.39 is 5.95 Å². The molecule has 0 aliphatic carbocycles. The summed E-state index contributed by atoms with van der Waals surface area (Å²) in [5.74, 6) is -0.545. The number of pyridine rings is 1. The highest BCUT2D eigenvalue weighted by Crippen LogP contribution is 2.36. The number of rotatable bonds is 1. The van der Waals surface area contributed by atoms with E-state index in [0.717, 1.165) is 3.57 Å². The van der Waals surface area contributed by atoms with Gasteiger partial charge in [0, 0.05) is 15.3 Å². The first-order valence-corrected chi connectivity index (χ1v) is 6.19. The van der Waals surface area contributed by atoms with Gasteiger partial charge in [0.2, 0.25) is 5.95 Å². The summed E-state index contributed by atoms with van der Waals surface area (Å²) in [5, 5.41) is 0.743. The zero-order chi connectivity index (χ0) is 11.7. The minimum Gasteiger partial charge on any atom is -0.228 e. The summed E-state index contributed by atoms with van der Waals surface area (Å²) in [4.78, 5) is 3.61. The Morgan fingerprint density at radius 1 is 1.19 bits per heavy atom. The first-order chi connectivity index (χ1) is 7.61. The third kappa shape index (κ3) is 2.17.